The summed E-state index contributed by atoms with van der Waals surface area (Å²) in [5, 5.41) is 5.04. The van der Waals surface area contributed by atoms with Crippen molar-refractivity contribution >= 4 is 49.2 Å². The van der Waals surface area contributed by atoms with Gasteiger partial charge in [0.25, 0.3) is 0 Å². The first kappa shape index (κ1) is 40.8. The molecule has 4 aliphatic rings. The second-order valence-electron chi connectivity index (χ2n) is 22.1. The number of nitrogens with zero attached hydrogens (tertiary/aromatic N) is 4. The van der Waals surface area contributed by atoms with E-state index >= 15 is 0 Å². The lowest BCUT2D eigenvalue weighted by molar-refractivity contribution is 0.393. The third kappa shape index (κ3) is 5.35. The van der Waals surface area contributed by atoms with Gasteiger partial charge in [-0.1, -0.05) is 169 Å². The number of hydrogen-bond donors (Lipinski definition) is 0. The van der Waals surface area contributed by atoms with Gasteiger partial charge in [0, 0.05) is 39.2 Å². The van der Waals surface area contributed by atoms with Crippen LogP contribution in [0.3, 0.4) is 0 Å². The molecule has 0 bridgehead atoms. The monoisotopic (exact) mass is 912 g/mol. The van der Waals surface area contributed by atoms with Gasteiger partial charge in [0.05, 0.1) is 22.1 Å². The van der Waals surface area contributed by atoms with Crippen molar-refractivity contribution in [2.24, 2.45) is 5.92 Å². The SMILES string of the molecule is CC1(C)C2=CC3c4cc5c(cc4C(C)(C)C3C=C2c2c1cc(-c1nc3ccccc3n1-c1ccccc1)c1ccccc21)-c1c(cc(-c2nc3ccccc3n2-c2ccccc2)c2ccccc12)C5(C)C. The van der Waals surface area contributed by atoms with Gasteiger partial charge in [-0.05, 0) is 155 Å². The average Bonchev–Trinajstić information content (AvgIpc) is 4.15. The van der Waals surface area contributed by atoms with Crippen molar-refractivity contribution in [1.29, 1.82) is 0 Å². The molecule has 340 valence electrons. The Morgan fingerprint density at radius 2 is 0.873 bits per heavy atom. The fraction of sp³-hybridized carbons (Fsp3) is 0.164. The smallest absolute Gasteiger partial charge is 0.146 e. The maximum absolute atomic E-state index is 5.41. The number of hydrogen-bond acceptors (Lipinski definition) is 2. The topological polar surface area (TPSA) is 35.6 Å². The molecule has 0 saturated heterocycles. The van der Waals surface area contributed by atoms with E-state index in [2.05, 4.69) is 245 Å². The zero-order valence-corrected chi connectivity index (χ0v) is 40.9. The van der Waals surface area contributed by atoms with Crippen LogP contribution < -0.4 is 0 Å². The van der Waals surface area contributed by atoms with Gasteiger partial charge in [0.1, 0.15) is 11.6 Å². The quantitative estimate of drug-likeness (QED) is 0.176. The number of para-hydroxylation sites is 6. The molecule has 0 radical (unpaired) electrons. The number of benzene rings is 9. The van der Waals surface area contributed by atoms with Crippen LogP contribution >= 0.6 is 0 Å². The van der Waals surface area contributed by atoms with Gasteiger partial charge in [-0.25, -0.2) is 9.97 Å². The minimum atomic E-state index is -0.248. The molecule has 71 heavy (non-hydrogen) atoms. The second-order valence-corrected chi connectivity index (χ2v) is 22.1. The number of fused-ring (bicyclic) bond motifs is 15. The van der Waals surface area contributed by atoms with E-state index in [0.29, 0.717) is 5.92 Å². The molecular weight excluding hydrogens is 861 g/mol. The van der Waals surface area contributed by atoms with E-state index < -0.39 is 0 Å². The molecule has 0 spiro atoms. The lowest BCUT2D eigenvalue weighted by atomic mass is 9.70. The summed E-state index contributed by atoms with van der Waals surface area (Å²) in [6.07, 6.45) is 5.40. The van der Waals surface area contributed by atoms with Crippen LogP contribution in [0.4, 0.5) is 0 Å². The highest BCUT2D eigenvalue weighted by atomic mass is 15.1. The normalized spacial score (nSPS) is 18.5. The molecule has 11 aromatic rings. The van der Waals surface area contributed by atoms with E-state index in [-0.39, 0.29) is 22.2 Å². The largest absolute Gasteiger partial charge is 0.292 e. The molecule has 9 aromatic carbocycles. The molecule has 0 N–H and O–H groups in total. The van der Waals surface area contributed by atoms with Gasteiger partial charge in [-0.15, -0.1) is 0 Å². The van der Waals surface area contributed by atoms with Crippen LogP contribution in [-0.4, -0.2) is 19.1 Å². The van der Waals surface area contributed by atoms with Gasteiger partial charge in [-0.3, -0.25) is 9.13 Å². The van der Waals surface area contributed by atoms with Crippen LogP contribution in [0.15, 0.2) is 200 Å². The maximum Gasteiger partial charge on any atom is 0.146 e. The van der Waals surface area contributed by atoms with Gasteiger partial charge in [0.15, 0.2) is 0 Å². The van der Waals surface area contributed by atoms with Crippen molar-refractivity contribution in [2.45, 2.75) is 63.7 Å². The highest BCUT2D eigenvalue weighted by Gasteiger charge is 2.52. The summed E-state index contributed by atoms with van der Waals surface area (Å²) in [5.74, 6) is 2.50. The fourth-order valence-electron chi connectivity index (χ4n) is 13.9. The predicted octanol–water partition coefficient (Wildman–Crippen LogP) is 16.6. The third-order valence-corrected chi connectivity index (χ3v) is 17.4. The van der Waals surface area contributed by atoms with Crippen molar-refractivity contribution in [2.75, 3.05) is 0 Å². The maximum atomic E-state index is 5.41. The molecule has 2 atom stereocenters. The standard InChI is InChI=1S/C67H52N4/c1-65(2)51-37-49-53(66(3,4)55-35-47(41-25-13-15-27-43(41)61(49)55)63-68-57-29-17-19-31-59(57)70(63)39-21-9-7-10-22-39)33-45(51)46-34-54-50(38-52(46)65)62-44-28-16-14-26-42(44)48(36-56(62)67(54,5)6)64-69-58-30-18-20-32-60(58)71(64)40-23-11-8-12-24-40/h7-38,45,51H,1-6H3. The van der Waals surface area contributed by atoms with Crippen LogP contribution in [0, 0.1) is 5.92 Å². The van der Waals surface area contributed by atoms with E-state index in [9.17, 15) is 0 Å². The molecule has 2 unspecified atom stereocenters. The van der Waals surface area contributed by atoms with Gasteiger partial charge >= 0.3 is 0 Å². The summed E-state index contributed by atoms with van der Waals surface area (Å²) < 4.78 is 4.70. The summed E-state index contributed by atoms with van der Waals surface area (Å²) in [5.41, 5.74) is 22.3. The molecule has 2 heterocycles. The highest BCUT2D eigenvalue weighted by molar-refractivity contribution is 6.11. The summed E-state index contributed by atoms with van der Waals surface area (Å²) in [7, 11) is 0. The molecule has 2 aromatic heterocycles. The van der Waals surface area contributed by atoms with E-state index in [4.69, 9.17) is 9.97 Å². The Balaban J connectivity index is 0.898. The van der Waals surface area contributed by atoms with Crippen LogP contribution in [0.5, 0.6) is 0 Å². The first-order chi connectivity index (χ1) is 34.5. The Morgan fingerprint density at radius 3 is 1.44 bits per heavy atom. The summed E-state index contributed by atoms with van der Waals surface area (Å²) in [6, 6.07) is 66.9. The lowest BCUT2D eigenvalue weighted by Gasteiger charge is -2.33. The minimum Gasteiger partial charge on any atom is -0.292 e. The fourth-order valence-corrected chi connectivity index (χ4v) is 13.9. The van der Waals surface area contributed by atoms with E-state index in [0.717, 1.165) is 45.1 Å². The molecule has 4 heteroatoms. The van der Waals surface area contributed by atoms with Gasteiger partial charge in [0.2, 0.25) is 0 Å². The number of aromatic nitrogens is 4. The van der Waals surface area contributed by atoms with Crippen molar-refractivity contribution in [1.82, 2.24) is 19.1 Å². The van der Waals surface area contributed by atoms with Crippen molar-refractivity contribution in [3.05, 3.63) is 233 Å². The second kappa shape index (κ2) is 14.0. The zero-order chi connectivity index (χ0) is 47.7. The van der Waals surface area contributed by atoms with Crippen molar-refractivity contribution < 1.29 is 0 Å². The zero-order valence-electron chi connectivity index (χ0n) is 40.9. The Morgan fingerprint density at radius 1 is 0.408 bits per heavy atom. The van der Waals surface area contributed by atoms with Gasteiger partial charge < -0.3 is 0 Å². The van der Waals surface area contributed by atoms with E-state index in [1.807, 2.05) is 0 Å². The van der Waals surface area contributed by atoms with E-state index in [1.54, 1.807) is 0 Å². The Labute approximate surface area is 414 Å². The lowest BCUT2D eigenvalue weighted by Crippen LogP contribution is -2.27. The number of imidazole rings is 2. The Bertz CT molecular complexity index is 4190. The van der Waals surface area contributed by atoms with E-state index in [1.165, 1.54) is 88.3 Å². The molecule has 15 rings (SSSR count). The first-order valence-corrected chi connectivity index (χ1v) is 25.3. The molecule has 4 nitrogen and oxygen atoms in total. The molecule has 4 aliphatic carbocycles. The summed E-state index contributed by atoms with van der Waals surface area (Å²) in [4.78, 5) is 10.8. The van der Waals surface area contributed by atoms with Crippen LogP contribution in [0.2, 0.25) is 0 Å². The van der Waals surface area contributed by atoms with Crippen LogP contribution in [0.1, 0.15) is 80.8 Å². The Kier molecular flexibility index (Phi) is 8.06. The molecule has 0 saturated carbocycles. The molecular formula is C67H52N4. The minimum absolute atomic E-state index is 0.115. The summed E-state index contributed by atoms with van der Waals surface area (Å²) in [6.45, 7) is 14.8. The van der Waals surface area contributed by atoms with Gasteiger partial charge in [-0.2, -0.15) is 0 Å². The summed E-state index contributed by atoms with van der Waals surface area (Å²) >= 11 is 0. The first-order valence-electron chi connectivity index (χ1n) is 25.3. The average molecular weight is 913 g/mol. The molecule has 0 aliphatic heterocycles. The van der Waals surface area contributed by atoms with Crippen LogP contribution in [0.25, 0.3) is 94.5 Å². The van der Waals surface area contributed by atoms with Crippen LogP contribution in [-0.2, 0) is 16.2 Å². The third-order valence-electron chi connectivity index (χ3n) is 17.4. The Hall–Kier alpha value is -8.08. The number of allylic oxidation sites excluding steroid dienone is 4. The predicted molar refractivity (Wildman–Crippen MR) is 294 cm³/mol. The van der Waals surface area contributed by atoms with Crippen molar-refractivity contribution in [3.63, 3.8) is 0 Å². The highest BCUT2D eigenvalue weighted by Crippen LogP contribution is 2.64. The molecule has 0 fully saturated rings. The molecule has 0 amide bonds. The number of rotatable bonds is 4. The van der Waals surface area contributed by atoms with Crippen molar-refractivity contribution in [3.8, 4) is 45.3 Å².